The summed E-state index contributed by atoms with van der Waals surface area (Å²) < 4.78 is 10.2. The lowest BCUT2D eigenvalue weighted by Crippen LogP contribution is -2.16. The van der Waals surface area contributed by atoms with E-state index in [4.69, 9.17) is 26.2 Å². The minimum absolute atomic E-state index is 0.0379. The van der Waals surface area contributed by atoms with Gasteiger partial charge < -0.3 is 19.9 Å². The Labute approximate surface area is 127 Å². The molecule has 1 amide bonds. The number of hydrogen-bond donors (Lipinski definition) is 2. The zero-order chi connectivity index (χ0) is 16.2. The molecule has 0 aliphatic rings. The molecule has 114 valence electrons. The monoisotopic (exact) mass is 313 g/mol. The average molecular weight is 314 g/mol. The molecule has 0 atom stereocenters. The van der Waals surface area contributed by atoms with Crippen molar-refractivity contribution >= 4 is 29.2 Å². The van der Waals surface area contributed by atoms with Crippen molar-refractivity contribution in [2.24, 2.45) is 0 Å². The first-order chi connectivity index (χ1) is 9.81. The van der Waals surface area contributed by atoms with Crippen LogP contribution in [0.25, 0.3) is 0 Å². The van der Waals surface area contributed by atoms with Crippen LogP contribution in [-0.4, -0.2) is 31.2 Å². The number of methoxy groups -OCH3 is 2. The van der Waals surface area contributed by atoms with Crippen molar-refractivity contribution in [1.29, 1.82) is 0 Å². The smallest absolute Gasteiger partial charge is 0.331 e. The molecular weight excluding hydrogens is 298 g/mol. The van der Waals surface area contributed by atoms with E-state index in [2.05, 4.69) is 5.32 Å². The van der Waals surface area contributed by atoms with Gasteiger partial charge in [0.25, 0.3) is 5.91 Å². The Hall–Kier alpha value is -2.21. The van der Waals surface area contributed by atoms with E-state index >= 15 is 0 Å². The summed E-state index contributed by atoms with van der Waals surface area (Å²) in [6.07, 6.45) is 0. The Morgan fingerprint density at radius 3 is 2.10 bits per heavy atom. The fourth-order valence-electron chi connectivity index (χ4n) is 1.50. The molecule has 0 saturated heterocycles. The highest BCUT2D eigenvalue weighted by molar-refractivity contribution is 6.34. The van der Waals surface area contributed by atoms with Gasteiger partial charge in [0.2, 0.25) is 0 Å². The Kier molecular flexibility index (Phi) is 5.60. The van der Waals surface area contributed by atoms with Crippen LogP contribution >= 0.6 is 11.6 Å². The largest absolute Gasteiger partial charge is 0.493 e. The fraction of sp³-hybridized carbons (Fsp3) is 0.286. The number of carboxylic acid groups (broad SMARTS) is 1. The number of amides is 1. The van der Waals surface area contributed by atoms with E-state index in [-0.39, 0.29) is 16.2 Å². The molecule has 1 aromatic rings. The van der Waals surface area contributed by atoms with Gasteiger partial charge in [-0.05, 0) is 13.8 Å². The van der Waals surface area contributed by atoms with Crippen LogP contribution in [0.4, 0.5) is 5.69 Å². The number of carboxylic acids is 1. The molecule has 6 nitrogen and oxygen atoms in total. The predicted molar refractivity (Wildman–Crippen MR) is 79.2 cm³/mol. The Balaban J connectivity index is 3.11. The lowest BCUT2D eigenvalue weighted by molar-refractivity contribution is -0.133. The van der Waals surface area contributed by atoms with Crippen molar-refractivity contribution in [1.82, 2.24) is 0 Å². The van der Waals surface area contributed by atoms with Gasteiger partial charge in [-0.1, -0.05) is 11.6 Å². The topological polar surface area (TPSA) is 84.9 Å². The maximum absolute atomic E-state index is 12.0. The van der Waals surface area contributed by atoms with Crippen LogP contribution in [0.15, 0.2) is 23.3 Å². The first kappa shape index (κ1) is 16.8. The molecule has 0 aromatic heterocycles. The maximum Gasteiger partial charge on any atom is 0.331 e. The van der Waals surface area contributed by atoms with Crippen molar-refractivity contribution in [2.45, 2.75) is 13.8 Å². The number of carbonyl (C=O) groups excluding carboxylic acids is 1. The molecule has 0 radical (unpaired) electrons. The first-order valence-corrected chi connectivity index (χ1v) is 6.33. The molecule has 2 N–H and O–H groups in total. The summed E-state index contributed by atoms with van der Waals surface area (Å²) in [5.74, 6) is -0.881. The van der Waals surface area contributed by atoms with Gasteiger partial charge in [-0.2, -0.15) is 0 Å². The second kappa shape index (κ2) is 6.99. The van der Waals surface area contributed by atoms with Crippen molar-refractivity contribution in [3.05, 3.63) is 28.3 Å². The van der Waals surface area contributed by atoms with Crippen molar-refractivity contribution < 1.29 is 24.2 Å². The van der Waals surface area contributed by atoms with E-state index in [9.17, 15) is 9.59 Å². The normalized spacial score (nSPS) is 11.5. The second-order valence-corrected chi connectivity index (χ2v) is 4.60. The highest BCUT2D eigenvalue weighted by Gasteiger charge is 2.16. The van der Waals surface area contributed by atoms with Gasteiger partial charge >= 0.3 is 5.97 Å². The van der Waals surface area contributed by atoms with Crippen LogP contribution in [-0.2, 0) is 9.59 Å². The van der Waals surface area contributed by atoms with Gasteiger partial charge in [-0.15, -0.1) is 0 Å². The van der Waals surface area contributed by atoms with Gasteiger partial charge in [0.1, 0.15) is 0 Å². The summed E-state index contributed by atoms with van der Waals surface area (Å²) in [5.41, 5.74) is 0.356. The van der Waals surface area contributed by atoms with E-state index in [0.29, 0.717) is 17.2 Å². The van der Waals surface area contributed by atoms with Crippen LogP contribution in [0.2, 0.25) is 5.02 Å². The van der Waals surface area contributed by atoms with Crippen LogP contribution in [0.3, 0.4) is 0 Å². The summed E-state index contributed by atoms with van der Waals surface area (Å²) in [4.78, 5) is 22.8. The second-order valence-electron chi connectivity index (χ2n) is 4.20. The third kappa shape index (κ3) is 3.88. The molecule has 7 heteroatoms. The lowest BCUT2D eigenvalue weighted by Gasteiger charge is -2.13. The number of aliphatic carboxylic acids is 1. The molecule has 0 saturated carbocycles. The number of rotatable bonds is 5. The van der Waals surface area contributed by atoms with Gasteiger partial charge in [-0.25, -0.2) is 4.79 Å². The van der Waals surface area contributed by atoms with E-state index in [1.807, 2.05) is 0 Å². The number of halogens is 1. The molecule has 0 fully saturated rings. The Bertz CT molecular complexity index is 610. The van der Waals surface area contributed by atoms with E-state index in [0.717, 1.165) is 0 Å². The number of benzene rings is 1. The quantitative estimate of drug-likeness (QED) is 0.816. The summed E-state index contributed by atoms with van der Waals surface area (Å²) in [7, 11) is 2.92. The number of anilines is 1. The fourth-order valence-corrected chi connectivity index (χ4v) is 1.70. The molecule has 0 aliphatic carbocycles. The number of nitrogens with one attached hydrogen (secondary N) is 1. The zero-order valence-corrected chi connectivity index (χ0v) is 12.9. The van der Waals surface area contributed by atoms with Gasteiger partial charge in [-0.3, -0.25) is 4.79 Å². The molecule has 0 spiro atoms. The molecule has 0 aliphatic heterocycles. The number of carbonyl (C=O) groups is 2. The van der Waals surface area contributed by atoms with E-state index < -0.39 is 11.9 Å². The van der Waals surface area contributed by atoms with Crippen LogP contribution in [0.5, 0.6) is 11.5 Å². The van der Waals surface area contributed by atoms with Crippen LogP contribution in [0, 0.1) is 0 Å². The standard InChI is InChI=1S/C14H16ClNO5/c1-7(8(2)14(18)19)13(17)16-10-6-12(21-4)11(20-3)5-9(10)15/h5-6H,1-4H3,(H,16,17)(H,18,19). The summed E-state index contributed by atoms with van der Waals surface area (Å²) in [6, 6.07) is 3.00. The van der Waals surface area contributed by atoms with Crippen LogP contribution in [0.1, 0.15) is 13.8 Å². The molecule has 1 rings (SSSR count). The van der Waals surface area contributed by atoms with Crippen molar-refractivity contribution in [2.75, 3.05) is 19.5 Å². The SMILES string of the molecule is COc1cc(Cl)c(NC(=O)C(C)=C(C)C(=O)O)cc1OC. The maximum atomic E-state index is 12.0. The number of ether oxygens (including phenoxy) is 2. The molecule has 1 aromatic carbocycles. The minimum atomic E-state index is -1.15. The molecule has 21 heavy (non-hydrogen) atoms. The Morgan fingerprint density at radius 1 is 1.10 bits per heavy atom. The van der Waals surface area contributed by atoms with E-state index in [1.54, 1.807) is 0 Å². The first-order valence-electron chi connectivity index (χ1n) is 5.95. The molecule has 0 bridgehead atoms. The molecular formula is C14H16ClNO5. The van der Waals surface area contributed by atoms with Crippen LogP contribution < -0.4 is 14.8 Å². The third-order valence-electron chi connectivity index (χ3n) is 2.95. The third-order valence-corrected chi connectivity index (χ3v) is 3.26. The summed E-state index contributed by atoms with van der Waals surface area (Å²) in [5, 5.41) is 11.7. The predicted octanol–water partition coefficient (Wildman–Crippen LogP) is 2.72. The number of hydrogen-bond acceptors (Lipinski definition) is 4. The molecule has 0 heterocycles. The summed E-state index contributed by atoms with van der Waals surface area (Å²) in [6.45, 7) is 2.78. The Morgan fingerprint density at radius 2 is 1.62 bits per heavy atom. The van der Waals surface area contributed by atoms with Crippen molar-refractivity contribution in [3.63, 3.8) is 0 Å². The van der Waals surface area contributed by atoms with Gasteiger partial charge in [0, 0.05) is 23.3 Å². The average Bonchev–Trinajstić information content (AvgIpc) is 2.46. The highest BCUT2D eigenvalue weighted by Crippen LogP contribution is 2.36. The lowest BCUT2D eigenvalue weighted by atomic mass is 10.1. The highest BCUT2D eigenvalue weighted by atomic mass is 35.5. The van der Waals surface area contributed by atoms with Gasteiger partial charge in [0.15, 0.2) is 11.5 Å². The van der Waals surface area contributed by atoms with Crippen molar-refractivity contribution in [3.8, 4) is 11.5 Å². The molecule has 0 unspecified atom stereocenters. The summed E-state index contributed by atoms with van der Waals surface area (Å²) >= 11 is 6.05. The van der Waals surface area contributed by atoms with Gasteiger partial charge in [0.05, 0.1) is 24.9 Å². The minimum Gasteiger partial charge on any atom is -0.493 e. The zero-order valence-electron chi connectivity index (χ0n) is 12.1. The van der Waals surface area contributed by atoms with E-state index in [1.165, 1.54) is 40.2 Å².